The van der Waals surface area contributed by atoms with Crippen LogP contribution in [0.25, 0.3) is 11.4 Å². The first-order valence-corrected chi connectivity index (χ1v) is 23.0. The number of aromatic carboxylic acids is 1. The summed E-state index contributed by atoms with van der Waals surface area (Å²) >= 11 is 0. The molecule has 4 heterocycles. The quantitative estimate of drug-likeness (QED) is 0.0906. The van der Waals surface area contributed by atoms with Gasteiger partial charge in [-0.15, -0.1) is 0 Å². The molecule has 6 aromatic carbocycles. The van der Waals surface area contributed by atoms with Crippen LogP contribution in [0.1, 0.15) is 74.8 Å². The summed E-state index contributed by atoms with van der Waals surface area (Å²) in [4.78, 5) is 60.7. The first kappa shape index (κ1) is 48.8. The molecule has 10 rings (SSSR count). The van der Waals surface area contributed by atoms with Crippen molar-refractivity contribution in [3.63, 3.8) is 0 Å². The van der Waals surface area contributed by atoms with Crippen LogP contribution in [0.3, 0.4) is 0 Å². The largest absolute Gasteiger partial charge is 0.478 e. The van der Waals surface area contributed by atoms with E-state index in [0.717, 1.165) is 72.9 Å². The van der Waals surface area contributed by atoms with Gasteiger partial charge in [0.15, 0.2) is 0 Å². The number of anilines is 2. The Kier molecular flexibility index (Phi) is 15.9. The Balaban J connectivity index is 0.000000159. The molecule has 2 aliphatic heterocycles. The second-order valence-corrected chi connectivity index (χ2v) is 17.2. The predicted molar refractivity (Wildman–Crippen MR) is 270 cm³/mol. The van der Waals surface area contributed by atoms with Crippen molar-refractivity contribution in [1.29, 1.82) is 0 Å². The van der Waals surface area contributed by atoms with Crippen molar-refractivity contribution in [2.24, 2.45) is 5.73 Å². The van der Waals surface area contributed by atoms with E-state index in [1.807, 2.05) is 54.6 Å². The normalized spacial score (nSPS) is 12.9. The molecule has 0 saturated heterocycles. The Morgan fingerprint density at radius 1 is 0.549 bits per heavy atom. The van der Waals surface area contributed by atoms with Gasteiger partial charge in [0.1, 0.15) is 25.3 Å². The standard InChI is InChI=1S/C27H26N6O2.C18H21N3O.C9H7N3O2/c1-32-12-11-20-5-8-24(14-23(20)16-32)31-27(35)22-4-2-3-19(13-22)15-29-26(34)21-6-9-25(10-7-21)33-18-28-17-30-33;1-21-8-7-14-5-6-17(10-16(14)12-21)20-18(22)15-4-2-3-13(9-15)11-19;13-9(14)7-1-3-8(4-2-7)12-6-10-5-11-12/h2-10,13-14,17-18H,11-12,15-16H2,1H3,(H,29,34)(H,31,35);2-6,9-10H,7-8,11-12,19H2,1H3,(H,20,22);1-6H,(H,13,14). The number of nitrogens with one attached hydrogen (secondary N) is 3. The topological polar surface area (TPSA) is 219 Å². The molecule has 0 unspecified atom stereocenters. The van der Waals surface area contributed by atoms with E-state index < -0.39 is 5.97 Å². The number of rotatable bonds is 11. The minimum Gasteiger partial charge on any atom is -0.478 e. The van der Waals surface area contributed by atoms with Crippen molar-refractivity contribution in [2.45, 2.75) is 39.0 Å². The van der Waals surface area contributed by atoms with E-state index >= 15 is 0 Å². The highest BCUT2D eigenvalue weighted by molar-refractivity contribution is 6.05. The van der Waals surface area contributed by atoms with Gasteiger partial charge in [-0.25, -0.2) is 24.1 Å². The van der Waals surface area contributed by atoms with Crippen molar-refractivity contribution < 1.29 is 24.3 Å². The maximum Gasteiger partial charge on any atom is 0.335 e. The molecule has 0 saturated carbocycles. The Morgan fingerprint density at radius 3 is 1.49 bits per heavy atom. The molecule has 0 bridgehead atoms. The van der Waals surface area contributed by atoms with Crippen LogP contribution in [0.4, 0.5) is 11.4 Å². The molecule has 0 radical (unpaired) electrons. The Labute approximate surface area is 411 Å². The SMILES string of the molecule is CN1CCc2ccc(NC(=O)c3cccc(CN)c3)cc2C1.CN1CCc2ccc(NC(=O)c3cccc(CNC(=O)c4ccc(-n5cncn5)cc4)c3)cc2C1.O=C(O)c1ccc(-n2cncn2)cc1. The molecule has 0 aliphatic carbocycles. The van der Waals surface area contributed by atoms with Crippen LogP contribution in [0, 0.1) is 0 Å². The summed E-state index contributed by atoms with van der Waals surface area (Å²) in [5.74, 6) is -1.40. The summed E-state index contributed by atoms with van der Waals surface area (Å²) in [5.41, 5.74) is 17.9. The van der Waals surface area contributed by atoms with E-state index in [2.05, 4.69) is 84.3 Å². The van der Waals surface area contributed by atoms with E-state index in [-0.39, 0.29) is 23.3 Å². The number of amides is 3. The van der Waals surface area contributed by atoms with E-state index in [9.17, 15) is 19.2 Å². The molecular weight excluding hydrogens is 897 g/mol. The second kappa shape index (κ2) is 23.1. The molecule has 3 amide bonds. The van der Waals surface area contributed by atoms with E-state index in [1.54, 1.807) is 64.5 Å². The molecular formula is C54H54N12O5. The van der Waals surface area contributed by atoms with Crippen molar-refractivity contribution in [1.82, 2.24) is 44.6 Å². The highest BCUT2D eigenvalue weighted by atomic mass is 16.4. The van der Waals surface area contributed by atoms with Crippen LogP contribution in [0.15, 0.2) is 159 Å². The van der Waals surface area contributed by atoms with Crippen LogP contribution >= 0.6 is 0 Å². The van der Waals surface area contributed by atoms with Crippen LogP contribution < -0.4 is 21.7 Å². The minimum absolute atomic E-state index is 0.0978. The summed E-state index contributed by atoms with van der Waals surface area (Å²) in [7, 11) is 4.22. The number of aromatic nitrogens is 6. The van der Waals surface area contributed by atoms with E-state index in [4.69, 9.17) is 10.8 Å². The molecule has 0 spiro atoms. The number of nitrogens with zero attached hydrogens (tertiary/aromatic N) is 8. The lowest BCUT2D eigenvalue weighted by Gasteiger charge is -2.25. The third kappa shape index (κ3) is 13.1. The first-order valence-electron chi connectivity index (χ1n) is 23.0. The van der Waals surface area contributed by atoms with Gasteiger partial charge in [-0.1, -0.05) is 36.4 Å². The molecule has 8 aromatic rings. The van der Waals surface area contributed by atoms with Gasteiger partial charge in [0.05, 0.1) is 16.9 Å². The maximum absolute atomic E-state index is 12.9. The fourth-order valence-electron chi connectivity index (χ4n) is 8.11. The van der Waals surface area contributed by atoms with Gasteiger partial charge in [0, 0.05) is 67.3 Å². The molecule has 6 N–H and O–H groups in total. The zero-order chi connectivity index (χ0) is 49.7. The monoisotopic (exact) mass is 950 g/mol. The minimum atomic E-state index is -0.935. The van der Waals surface area contributed by atoms with E-state index in [1.165, 1.54) is 47.0 Å². The van der Waals surface area contributed by atoms with Crippen molar-refractivity contribution in [2.75, 3.05) is 37.8 Å². The third-order valence-electron chi connectivity index (χ3n) is 12.0. The number of benzene rings is 6. The average Bonchev–Trinajstić information content (AvgIpc) is 4.15. The molecule has 71 heavy (non-hydrogen) atoms. The van der Waals surface area contributed by atoms with Gasteiger partial charge >= 0.3 is 5.97 Å². The van der Waals surface area contributed by atoms with Crippen molar-refractivity contribution >= 4 is 35.1 Å². The van der Waals surface area contributed by atoms with Gasteiger partial charge in [-0.2, -0.15) is 10.2 Å². The van der Waals surface area contributed by atoms with Crippen LogP contribution in [0.2, 0.25) is 0 Å². The number of carboxylic acid groups (broad SMARTS) is 1. The lowest BCUT2D eigenvalue weighted by Crippen LogP contribution is -2.26. The summed E-state index contributed by atoms with van der Waals surface area (Å²) in [6.07, 6.45) is 8.13. The highest BCUT2D eigenvalue weighted by Gasteiger charge is 2.17. The zero-order valence-corrected chi connectivity index (χ0v) is 39.4. The average molecular weight is 951 g/mol. The molecule has 17 heteroatoms. The van der Waals surface area contributed by atoms with E-state index in [0.29, 0.717) is 29.8 Å². The second-order valence-electron chi connectivity index (χ2n) is 17.2. The lowest BCUT2D eigenvalue weighted by atomic mass is 9.99. The number of hydrogen-bond acceptors (Lipinski definition) is 11. The van der Waals surface area contributed by atoms with Gasteiger partial charge in [-0.05, 0) is 157 Å². The molecule has 2 aromatic heterocycles. The van der Waals surface area contributed by atoms with Crippen LogP contribution in [0.5, 0.6) is 0 Å². The number of hydrogen-bond donors (Lipinski definition) is 5. The van der Waals surface area contributed by atoms with Gasteiger partial charge in [0.25, 0.3) is 17.7 Å². The molecule has 17 nitrogen and oxygen atoms in total. The third-order valence-corrected chi connectivity index (χ3v) is 12.0. The van der Waals surface area contributed by atoms with Gasteiger partial charge < -0.3 is 36.6 Å². The number of fused-ring (bicyclic) bond motifs is 2. The molecule has 0 atom stereocenters. The zero-order valence-electron chi connectivity index (χ0n) is 39.4. The van der Waals surface area contributed by atoms with Crippen LogP contribution in [-0.2, 0) is 39.0 Å². The smallest absolute Gasteiger partial charge is 0.335 e. The predicted octanol–water partition coefficient (Wildman–Crippen LogP) is 6.79. The molecule has 0 fully saturated rings. The van der Waals surface area contributed by atoms with Crippen molar-refractivity contribution in [3.8, 4) is 11.4 Å². The number of likely N-dealkylation sites (N-methyl/N-ethyl adjacent to an activating group) is 2. The summed E-state index contributed by atoms with van der Waals surface area (Å²) in [5, 5.41) is 25.6. The van der Waals surface area contributed by atoms with Gasteiger partial charge in [0.2, 0.25) is 0 Å². The van der Waals surface area contributed by atoms with Gasteiger partial charge in [-0.3, -0.25) is 14.4 Å². The Bertz CT molecular complexity index is 3100. The molecule has 360 valence electrons. The highest BCUT2D eigenvalue weighted by Crippen LogP contribution is 2.24. The Morgan fingerprint density at radius 2 is 1.03 bits per heavy atom. The molecule has 2 aliphatic rings. The maximum atomic E-state index is 12.9. The fourth-order valence-corrected chi connectivity index (χ4v) is 8.11. The number of carbonyl (C=O) groups excluding carboxylic acids is 3. The number of carboxylic acids is 1. The number of carbonyl (C=O) groups is 4. The van der Waals surface area contributed by atoms with Crippen molar-refractivity contribution in [3.05, 3.63) is 214 Å². The number of nitrogens with two attached hydrogens (primary N) is 1. The first-order chi connectivity index (χ1) is 34.5. The lowest BCUT2D eigenvalue weighted by molar-refractivity contribution is 0.0696. The summed E-state index contributed by atoms with van der Waals surface area (Å²) in [6, 6.07) is 40.5. The Hall–Kier alpha value is -8.64. The summed E-state index contributed by atoms with van der Waals surface area (Å²) < 4.78 is 3.19. The summed E-state index contributed by atoms with van der Waals surface area (Å²) in [6.45, 7) is 4.71. The van der Waals surface area contributed by atoms with Crippen LogP contribution in [-0.4, -0.2) is 95.3 Å². The fraction of sp³-hybridized carbons (Fsp3) is 0.185.